The van der Waals surface area contributed by atoms with E-state index in [1.807, 2.05) is 24.3 Å². The van der Waals surface area contributed by atoms with Crippen LogP contribution in [0.3, 0.4) is 0 Å². The largest absolute Gasteiger partial charge is 0.494 e. The van der Waals surface area contributed by atoms with E-state index in [-0.39, 0.29) is 12.6 Å². The fraction of sp³-hybridized carbons (Fsp3) is 0.741. The van der Waals surface area contributed by atoms with Gasteiger partial charge in [-0.05, 0) is 44.0 Å². The molecule has 0 aliphatic rings. The minimum absolute atomic E-state index is 0.105. The molecule has 0 amide bonds. The summed E-state index contributed by atoms with van der Waals surface area (Å²) in [6.45, 7) is 5.84. The first kappa shape index (κ1) is 31.8. The predicted molar refractivity (Wildman–Crippen MR) is 143 cm³/mol. The third kappa shape index (κ3) is 17.8. The fourth-order valence-corrected chi connectivity index (χ4v) is 4.15. The first-order valence-corrected chi connectivity index (χ1v) is 14.5. The van der Waals surface area contributed by atoms with Gasteiger partial charge >= 0.3 is 14.6 Å². The van der Waals surface area contributed by atoms with Gasteiger partial charge in [0.05, 0.1) is 19.8 Å². The molecule has 0 bridgehead atoms. The van der Waals surface area contributed by atoms with Crippen molar-refractivity contribution >= 4 is 14.6 Å². The van der Waals surface area contributed by atoms with E-state index in [1.54, 1.807) is 14.0 Å². The van der Waals surface area contributed by atoms with Crippen molar-refractivity contribution in [1.82, 2.24) is 5.32 Å². The highest BCUT2D eigenvalue weighted by Gasteiger charge is 2.17. The van der Waals surface area contributed by atoms with Gasteiger partial charge in [0.2, 0.25) is 0 Å². The molecule has 202 valence electrons. The molecule has 2 atom stereocenters. The number of carbonyl (C=O) groups excluding carboxylic acids is 1. The average Bonchev–Trinajstić information content (AvgIpc) is 2.87. The van der Waals surface area contributed by atoms with Crippen LogP contribution < -0.4 is 10.1 Å². The lowest BCUT2D eigenvalue weighted by Gasteiger charge is -2.19. The lowest BCUT2D eigenvalue weighted by Crippen LogP contribution is -2.23. The highest BCUT2D eigenvalue weighted by Crippen LogP contribution is 2.33. The van der Waals surface area contributed by atoms with E-state index >= 15 is 0 Å². The Morgan fingerprint density at radius 3 is 2.23 bits per heavy atom. The second kappa shape index (κ2) is 22.0. The Kier molecular flexibility index (Phi) is 20.0. The molecule has 0 heterocycles. The number of rotatable bonds is 23. The van der Waals surface area contributed by atoms with Gasteiger partial charge in [-0.3, -0.25) is 4.79 Å². The van der Waals surface area contributed by atoms with Gasteiger partial charge < -0.3 is 28.7 Å². The number of hydrogen-bond donors (Lipinski definition) is 2. The molecule has 0 aliphatic heterocycles. The van der Waals surface area contributed by atoms with E-state index in [0.717, 1.165) is 30.8 Å². The summed E-state index contributed by atoms with van der Waals surface area (Å²) in [5, 5.41) is 2.93. The lowest BCUT2D eigenvalue weighted by molar-refractivity contribution is -0.150. The molecule has 7 nitrogen and oxygen atoms in total. The van der Waals surface area contributed by atoms with Gasteiger partial charge in [0.1, 0.15) is 11.9 Å². The zero-order chi connectivity index (χ0) is 25.6. The summed E-state index contributed by atoms with van der Waals surface area (Å²) >= 11 is 0. The van der Waals surface area contributed by atoms with Crippen molar-refractivity contribution in [2.45, 2.75) is 97.0 Å². The summed E-state index contributed by atoms with van der Waals surface area (Å²) in [6, 6.07) is 8.08. The number of hydrogen-bond acceptors (Lipinski definition) is 7. The Hall–Kier alpha value is -1.24. The minimum atomic E-state index is -1.99. The number of carbonyl (C=O) groups is 1. The summed E-state index contributed by atoms with van der Waals surface area (Å²) in [5.74, 6) is 0.604. The van der Waals surface area contributed by atoms with Gasteiger partial charge in [-0.2, -0.15) is 0 Å². The van der Waals surface area contributed by atoms with Crippen LogP contribution in [0.15, 0.2) is 24.3 Å². The zero-order valence-corrected chi connectivity index (χ0v) is 23.0. The molecule has 0 saturated heterocycles. The van der Waals surface area contributed by atoms with Gasteiger partial charge in [0.25, 0.3) is 0 Å². The van der Waals surface area contributed by atoms with E-state index in [2.05, 4.69) is 12.2 Å². The highest BCUT2D eigenvalue weighted by atomic mass is 31.2. The number of benzene rings is 1. The molecule has 35 heavy (non-hydrogen) atoms. The van der Waals surface area contributed by atoms with E-state index in [1.165, 1.54) is 51.4 Å². The molecule has 0 spiro atoms. The van der Waals surface area contributed by atoms with Crippen LogP contribution >= 0.6 is 8.60 Å². The van der Waals surface area contributed by atoms with Crippen molar-refractivity contribution in [1.29, 1.82) is 0 Å². The molecule has 0 aliphatic carbocycles. The molecule has 2 unspecified atom stereocenters. The summed E-state index contributed by atoms with van der Waals surface area (Å²) in [7, 11) is -0.180. The Labute approximate surface area is 214 Å². The molecular weight excluding hydrogens is 465 g/mol. The van der Waals surface area contributed by atoms with E-state index in [0.29, 0.717) is 26.0 Å². The van der Waals surface area contributed by atoms with E-state index < -0.39 is 14.7 Å². The van der Waals surface area contributed by atoms with Crippen LogP contribution in [0.1, 0.15) is 90.0 Å². The number of aryl methyl sites for hydroxylation is 1. The number of ether oxygens (including phenoxy) is 2. The SMILES string of the molecule is CCCCCCCCCCCOc1ccc(CCC(COP(O)OCCNC)OC(=O)CC)cc1. The molecular formula is C27H48NO6P. The number of nitrogens with one attached hydrogen (secondary N) is 1. The quantitative estimate of drug-likeness (QED) is 0.101. The van der Waals surface area contributed by atoms with E-state index in [4.69, 9.17) is 18.5 Å². The van der Waals surface area contributed by atoms with Crippen LogP contribution in [0.2, 0.25) is 0 Å². The van der Waals surface area contributed by atoms with Crippen LogP contribution in [0.4, 0.5) is 0 Å². The molecule has 0 radical (unpaired) electrons. The molecule has 1 aromatic carbocycles. The Bertz CT molecular complexity index is 631. The van der Waals surface area contributed by atoms with Crippen molar-refractivity contribution in [3.63, 3.8) is 0 Å². The zero-order valence-electron chi connectivity index (χ0n) is 22.1. The average molecular weight is 514 g/mol. The summed E-state index contributed by atoms with van der Waals surface area (Å²) < 4.78 is 21.9. The Morgan fingerprint density at radius 1 is 0.943 bits per heavy atom. The number of likely N-dealkylation sites (N-methyl/N-ethyl adjacent to an activating group) is 1. The van der Waals surface area contributed by atoms with Gasteiger partial charge in [0.15, 0.2) is 0 Å². The van der Waals surface area contributed by atoms with E-state index in [9.17, 15) is 9.69 Å². The van der Waals surface area contributed by atoms with Crippen LogP contribution in [0.5, 0.6) is 5.75 Å². The third-order valence-electron chi connectivity index (χ3n) is 5.71. The molecule has 2 N–H and O–H groups in total. The van der Waals surface area contributed by atoms with Crippen LogP contribution in [-0.2, 0) is 25.0 Å². The van der Waals surface area contributed by atoms with Gasteiger partial charge in [0, 0.05) is 13.0 Å². The predicted octanol–water partition coefficient (Wildman–Crippen LogP) is 6.32. The molecule has 1 aromatic rings. The van der Waals surface area contributed by atoms with Crippen molar-refractivity contribution in [3.8, 4) is 5.75 Å². The van der Waals surface area contributed by atoms with Crippen molar-refractivity contribution < 1.29 is 28.2 Å². The maximum absolute atomic E-state index is 11.8. The van der Waals surface area contributed by atoms with Crippen molar-refractivity contribution in [2.75, 3.05) is 33.4 Å². The third-order valence-corrected chi connectivity index (χ3v) is 6.48. The summed E-state index contributed by atoms with van der Waals surface area (Å²) in [5.41, 5.74) is 1.13. The fourth-order valence-electron chi connectivity index (χ4n) is 3.54. The molecule has 1 rings (SSSR count). The second-order valence-electron chi connectivity index (χ2n) is 8.80. The standard InChI is InChI=1S/C27H48NO6P/c1-4-6-7-8-9-10-11-12-13-21-31-25-17-14-24(15-18-25)16-19-26(34-27(29)5-2)23-33-35(30)32-22-20-28-3/h14-15,17-18,26,28,30H,4-13,16,19-23H2,1-3H3. The first-order chi connectivity index (χ1) is 17.1. The number of unbranched alkanes of at least 4 members (excludes halogenated alkanes) is 8. The van der Waals surface area contributed by atoms with Gasteiger partial charge in [-0.15, -0.1) is 0 Å². The van der Waals surface area contributed by atoms with Crippen LogP contribution in [0, 0.1) is 0 Å². The number of esters is 1. The van der Waals surface area contributed by atoms with Crippen molar-refractivity contribution in [3.05, 3.63) is 29.8 Å². The second-order valence-corrected chi connectivity index (χ2v) is 9.79. The smallest absolute Gasteiger partial charge is 0.330 e. The van der Waals surface area contributed by atoms with Gasteiger partial charge in [-0.1, -0.05) is 77.3 Å². The normalized spacial score (nSPS) is 12.9. The maximum Gasteiger partial charge on any atom is 0.330 e. The minimum Gasteiger partial charge on any atom is -0.494 e. The first-order valence-electron chi connectivity index (χ1n) is 13.4. The van der Waals surface area contributed by atoms with Crippen LogP contribution in [-0.4, -0.2) is 50.4 Å². The summed E-state index contributed by atoms with van der Waals surface area (Å²) in [6.07, 6.45) is 12.9. The highest BCUT2D eigenvalue weighted by molar-refractivity contribution is 7.40. The Balaban J connectivity index is 2.28. The molecule has 0 saturated carbocycles. The monoisotopic (exact) mass is 513 g/mol. The van der Waals surface area contributed by atoms with Crippen LogP contribution in [0.25, 0.3) is 0 Å². The summed E-state index contributed by atoms with van der Waals surface area (Å²) in [4.78, 5) is 21.6. The molecule has 0 fully saturated rings. The topological polar surface area (TPSA) is 86.2 Å². The van der Waals surface area contributed by atoms with Gasteiger partial charge in [-0.25, -0.2) is 0 Å². The lowest BCUT2D eigenvalue weighted by atomic mass is 10.1. The van der Waals surface area contributed by atoms with Crippen molar-refractivity contribution in [2.24, 2.45) is 0 Å². The Morgan fingerprint density at radius 2 is 1.60 bits per heavy atom. The maximum atomic E-state index is 11.8. The molecule has 8 heteroatoms. The molecule has 0 aromatic heterocycles.